The second-order valence-electron chi connectivity index (χ2n) is 4.77. The van der Waals surface area contributed by atoms with E-state index in [1.54, 1.807) is 0 Å². The lowest BCUT2D eigenvalue weighted by Gasteiger charge is -2.32. The lowest BCUT2D eigenvalue weighted by Crippen LogP contribution is -2.39. The van der Waals surface area contributed by atoms with E-state index >= 15 is 0 Å². The number of halogens is 1. The van der Waals surface area contributed by atoms with Crippen LogP contribution in [0.15, 0.2) is 24.3 Å². The Kier molecular flexibility index (Phi) is 3.03. The van der Waals surface area contributed by atoms with Crippen molar-refractivity contribution in [1.29, 1.82) is 0 Å². The average molecular weight is 224 g/mol. The maximum absolute atomic E-state index is 6.45. The first-order chi connectivity index (χ1) is 7.10. The molecular formula is C13H18ClN. The summed E-state index contributed by atoms with van der Waals surface area (Å²) in [5.41, 5.74) is 7.46. The average Bonchev–Trinajstić information content (AvgIpc) is 2.71. The van der Waals surface area contributed by atoms with E-state index in [9.17, 15) is 0 Å². The highest BCUT2D eigenvalue weighted by Gasteiger charge is 2.33. The van der Waals surface area contributed by atoms with Crippen LogP contribution in [0.5, 0.6) is 0 Å². The molecule has 0 spiro atoms. The van der Waals surface area contributed by atoms with Gasteiger partial charge in [-0.05, 0) is 43.4 Å². The van der Waals surface area contributed by atoms with Gasteiger partial charge in [-0.3, -0.25) is 0 Å². The number of hydrogen-bond acceptors (Lipinski definition) is 1. The summed E-state index contributed by atoms with van der Waals surface area (Å²) >= 11 is 5.88. The van der Waals surface area contributed by atoms with Crippen LogP contribution in [-0.2, 0) is 5.54 Å². The summed E-state index contributed by atoms with van der Waals surface area (Å²) in [6, 6.07) is 7.97. The smallest absolute Gasteiger partial charge is 0.0409 e. The molecule has 1 aliphatic carbocycles. The molecule has 0 bridgehead atoms. The van der Waals surface area contributed by atoms with Crippen molar-refractivity contribution in [3.63, 3.8) is 0 Å². The maximum Gasteiger partial charge on any atom is 0.0409 e. The van der Waals surface area contributed by atoms with Crippen molar-refractivity contribution >= 4 is 11.6 Å². The minimum Gasteiger partial charge on any atom is -0.321 e. The second-order valence-corrected chi connectivity index (χ2v) is 5.21. The summed E-state index contributed by atoms with van der Waals surface area (Å²) in [6.07, 6.45) is 5.17. The van der Waals surface area contributed by atoms with E-state index < -0.39 is 0 Å². The van der Waals surface area contributed by atoms with E-state index in [0.29, 0.717) is 5.92 Å². The molecule has 1 aliphatic rings. The van der Waals surface area contributed by atoms with Crippen molar-refractivity contribution in [2.45, 2.75) is 38.1 Å². The van der Waals surface area contributed by atoms with Crippen molar-refractivity contribution in [2.24, 2.45) is 11.7 Å². The van der Waals surface area contributed by atoms with Gasteiger partial charge in [-0.2, -0.15) is 0 Å². The van der Waals surface area contributed by atoms with E-state index in [1.807, 2.05) is 12.1 Å². The number of benzene rings is 1. The van der Waals surface area contributed by atoms with Gasteiger partial charge in [-0.15, -0.1) is 0 Å². The first-order valence-corrected chi connectivity index (χ1v) is 6.03. The summed E-state index contributed by atoms with van der Waals surface area (Å²) < 4.78 is 0. The molecule has 1 aromatic carbocycles. The van der Waals surface area contributed by atoms with Crippen LogP contribution in [-0.4, -0.2) is 0 Å². The highest BCUT2D eigenvalue weighted by molar-refractivity contribution is 6.30. The van der Waals surface area contributed by atoms with Crippen molar-refractivity contribution in [3.8, 4) is 0 Å². The van der Waals surface area contributed by atoms with Crippen LogP contribution in [0.3, 0.4) is 0 Å². The van der Waals surface area contributed by atoms with Crippen LogP contribution in [0.2, 0.25) is 5.02 Å². The molecule has 1 nitrogen and oxygen atoms in total. The van der Waals surface area contributed by atoms with E-state index in [4.69, 9.17) is 17.3 Å². The third-order valence-electron chi connectivity index (χ3n) is 3.67. The molecule has 15 heavy (non-hydrogen) atoms. The lowest BCUT2D eigenvalue weighted by atomic mass is 9.79. The fourth-order valence-electron chi connectivity index (χ4n) is 2.57. The predicted octanol–water partition coefficient (Wildman–Crippen LogP) is 3.70. The van der Waals surface area contributed by atoms with Crippen molar-refractivity contribution in [1.82, 2.24) is 0 Å². The Balaban J connectivity index is 2.23. The van der Waals surface area contributed by atoms with E-state index in [1.165, 1.54) is 31.2 Å². The fraction of sp³-hybridized carbons (Fsp3) is 0.538. The van der Waals surface area contributed by atoms with Gasteiger partial charge in [0.1, 0.15) is 0 Å². The largest absolute Gasteiger partial charge is 0.321 e. The Morgan fingerprint density at radius 2 is 1.73 bits per heavy atom. The summed E-state index contributed by atoms with van der Waals surface area (Å²) in [5.74, 6) is 0.624. The van der Waals surface area contributed by atoms with Crippen LogP contribution in [0.1, 0.15) is 38.2 Å². The summed E-state index contributed by atoms with van der Waals surface area (Å²) in [4.78, 5) is 0. The standard InChI is InChI=1S/C13H18ClN/c1-13(15,10-4-2-3-5-10)11-6-8-12(14)9-7-11/h6-10H,2-5,15H2,1H3. The van der Waals surface area contributed by atoms with Gasteiger partial charge in [-0.1, -0.05) is 36.6 Å². The summed E-state index contributed by atoms with van der Waals surface area (Å²) in [7, 11) is 0. The van der Waals surface area contributed by atoms with Crippen molar-refractivity contribution in [2.75, 3.05) is 0 Å². The first-order valence-electron chi connectivity index (χ1n) is 5.65. The molecule has 0 aliphatic heterocycles. The molecule has 2 rings (SSSR count). The zero-order chi connectivity index (χ0) is 10.9. The zero-order valence-electron chi connectivity index (χ0n) is 9.17. The van der Waals surface area contributed by atoms with Crippen molar-refractivity contribution in [3.05, 3.63) is 34.9 Å². The highest BCUT2D eigenvalue weighted by atomic mass is 35.5. The molecule has 0 radical (unpaired) electrons. The molecule has 0 heterocycles. The molecule has 1 saturated carbocycles. The molecule has 2 heteroatoms. The van der Waals surface area contributed by atoms with Gasteiger partial charge in [0.25, 0.3) is 0 Å². The van der Waals surface area contributed by atoms with Crippen LogP contribution in [0, 0.1) is 5.92 Å². The van der Waals surface area contributed by atoms with Crippen LogP contribution >= 0.6 is 11.6 Å². The van der Waals surface area contributed by atoms with Gasteiger partial charge in [-0.25, -0.2) is 0 Å². The monoisotopic (exact) mass is 223 g/mol. The van der Waals surface area contributed by atoms with E-state index in [2.05, 4.69) is 19.1 Å². The third kappa shape index (κ3) is 2.19. The number of rotatable bonds is 2. The van der Waals surface area contributed by atoms with Gasteiger partial charge in [0, 0.05) is 10.6 Å². The first kappa shape index (κ1) is 11.0. The van der Waals surface area contributed by atoms with Gasteiger partial charge in [0.05, 0.1) is 0 Å². The van der Waals surface area contributed by atoms with Gasteiger partial charge >= 0.3 is 0 Å². The van der Waals surface area contributed by atoms with Crippen LogP contribution in [0.25, 0.3) is 0 Å². The molecule has 1 aromatic rings. The summed E-state index contributed by atoms with van der Waals surface area (Å²) in [5, 5.41) is 0.779. The molecule has 0 amide bonds. The second kappa shape index (κ2) is 4.15. The Hall–Kier alpha value is -0.530. The van der Waals surface area contributed by atoms with Crippen LogP contribution < -0.4 is 5.73 Å². The van der Waals surface area contributed by atoms with Crippen LogP contribution in [0.4, 0.5) is 0 Å². The molecule has 1 unspecified atom stereocenters. The normalized spacial score (nSPS) is 21.5. The number of nitrogens with two attached hydrogens (primary N) is 1. The van der Waals surface area contributed by atoms with E-state index in [0.717, 1.165) is 5.02 Å². The van der Waals surface area contributed by atoms with Gasteiger partial charge < -0.3 is 5.73 Å². The predicted molar refractivity (Wildman–Crippen MR) is 64.9 cm³/mol. The Morgan fingerprint density at radius 3 is 2.27 bits per heavy atom. The van der Waals surface area contributed by atoms with Gasteiger partial charge in [0.2, 0.25) is 0 Å². The minimum absolute atomic E-state index is 0.193. The fourth-order valence-corrected chi connectivity index (χ4v) is 2.70. The Bertz CT molecular complexity index is 323. The van der Waals surface area contributed by atoms with E-state index in [-0.39, 0.29) is 5.54 Å². The molecular weight excluding hydrogens is 206 g/mol. The molecule has 1 fully saturated rings. The summed E-state index contributed by atoms with van der Waals surface area (Å²) in [6.45, 7) is 2.15. The van der Waals surface area contributed by atoms with Crippen molar-refractivity contribution < 1.29 is 0 Å². The topological polar surface area (TPSA) is 26.0 Å². The molecule has 0 saturated heterocycles. The number of hydrogen-bond donors (Lipinski definition) is 1. The molecule has 1 atom stereocenters. The third-order valence-corrected chi connectivity index (χ3v) is 3.92. The van der Waals surface area contributed by atoms with Gasteiger partial charge in [0.15, 0.2) is 0 Å². The molecule has 0 aromatic heterocycles. The quantitative estimate of drug-likeness (QED) is 0.813. The highest BCUT2D eigenvalue weighted by Crippen LogP contribution is 2.38. The molecule has 2 N–H and O–H groups in total. The molecule has 82 valence electrons. The Labute approximate surface area is 96.6 Å². The maximum atomic E-state index is 6.45. The lowest BCUT2D eigenvalue weighted by molar-refractivity contribution is 0.307. The minimum atomic E-state index is -0.193. The Morgan fingerprint density at radius 1 is 1.20 bits per heavy atom. The zero-order valence-corrected chi connectivity index (χ0v) is 9.93. The SMILES string of the molecule is CC(N)(c1ccc(Cl)cc1)C1CCCC1.